The maximum Gasteiger partial charge on any atom is 0.142 e. The number of aryl methyl sites for hydroxylation is 2. The van der Waals surface area contributed by atoms with E-state index in [0.29, 0.717) is 66.1 Å². The maximum atomic E-state index is 6.51. The molecular formula is C34H53N3O6. The third kappa shape index (κ3) is 10.8. The fraction of sp³-hybridized carbons (Fsp3) is 0.647. The molecule has 0 radical (unpaired) electrons. The summed E-state index contributed by atoms with van der Waals surface area (Å²) in [6.07, 6.45) is 0. The fourth-order valence-corrected chi connectivity index (χ4v) is 5.36. The van der Waals surface area contributed by atoms with Crippen LogP contribution in [0.5, 0.6) is 11.5 Å². The van der Waals surface area contributed by atoms with Gasteiger partial charge in [0.2, 0.25) is 0 Å². The summed E-state index contributed by atoms with van der Waals surface area (Å²) in [4.78, 5) is 7.03. The van der Waals surface area contributed by atoms with Gasteiger partial charge in [-0.15, -0.1) is 0 Å². The Morgan fingerprint density at radius 2 is 0.860 bits per heavy atom. The van der Waals surface area contributed by atoms with Gasteiger partial charge in [-0.25, -0.2) is 0 Å². The van der Waals surface area contributed by atoms with Gasteiger partial charge in [-0.05, 0) is 70.0 Å². The van der Waals surface area contributed by atoms with Crippen molar-refractivity contribution in [3.05, 3.63) is 47.5 Å². The Balaban J connectivity index is 1.64. The molecule has 0 spiro atoms. The lowest BCUT2D eigenvalue weighted by Gasteiger charge is -2.36. The molecule has 5 rings (SSSR count). The third-order valence-corrected chi connectivity index (χ3v) is 7.86. The van der Waals surface area contributed by atoms with Crippen LogP contribution in [-0.4, -0.2) is 116 Å². The van der Waals surface area contributed by atoms with Crippen molar-refractivity contribution in [2.24, 2.45) is 0 Å². The van der Waals surface area contributed by atoms with Crippen molar-refractivity contribution in [2.45, 2.75) is 40.2 Å². The van der Waals surface area contributed by atoms with Crippen molar-refractivity contribution in [3.8, 4) is 11.5 Å². The lowest BCUT2D eigenvalue weighted by atomic mass is 10.1. The lowest BCUT2D eigenvalue weighted by Crippen LogP contribution is -2.45. The van der Waals surface area contributed by atoms with Crippen LogP contribution in [0.1, 0.15) is 31.9 Å². The average Bonchev–Trinajstić information content (AvgIpc) is 2.96. The number of anilines is 2. The SMILES string of the molecule is Cc1ccc2c(c1)OCCN(C(C)(C)C)CCOc1cc(C)ccc1N1CCOCCOCCN2CCOCCOCC1. The zero-order chi connectivity index (χ0) is 30.5. The number of benzene rings is 2. The maximum absolute atomic E-state index is 6.51. The molecule has 0 saturated carbocycles. The molecule has 3 aliphatic rings. The van der Waals surface area contributed by atoms with E-state index in [4.69, 9.17) is 28.4 Å². The monoisotopic (exact) mass is 599 g/mol. The van der Waals surface area contributed by atoms with Crippen LogP contribution in [0.2, 0.25) is 0 Å². The summed E-state index contributed by atoms with van der Waals surface area (Å²) in [7, 11) is 0. The molecular weight excluding hydrogens is 546 g/mol. The number of rotatable bonds is 0. The number of ether oxygens (including phenoxy) is 6. The first-order valence-corrected chi connectivity index (χ1v) is 15.8. The summed E-state index contributed by atoms with van der Waals surface area (Å²) in [5.41, 5.74) is 4.41. The van der Waals surface area contributed by atoms with Crippen LogP contribution in [0.25, 0.3) is 0 Å². The Labute approximate surface area is 258 Å². The van der Waals surface area contributed by atoms with Gasteiger partial charge >= 0.3 is 0 Å². The van der Waals surface area contributed by atoms with Crippen molar-refractivity contribution in [3.63, 3.8) is 0 Å². The Hall–Kier alpha value is -2.56. The Morgan fingerprint density at radius 1 is 0.488 bits per heavy atom. The van der Waals surface area contributed by atoms with Crippen LogP contribution in [0.3, 0.4) is 0 Å². The highest BCUT2D eigenvalue weighted by Gasteiger charge is 2.22. The van der Waals surface area contributed by atoms with E-state index in [2.05, 4.69) is 85.7 Å². The second-order valence-electron chi connectivity index (χ2n) is 12.2. The van der Waals surface area contributed by atoms with Crippen LogP contribution in [0.4, 0.5) is 11.4 Å². The van der Waals surface area contributed by atoms with E-state index in [-0.39, 0.29) is 5.54 Å². The van der Waals surface area contributed by atoms with Crippen LogP contribution in [0, 0.1) is 13.8 Å². The van der Waals surface area contributed by atoms with E-state index in [1.54, 1.807) is 0 Å². The summed E-state index contributed by atoms with van der Waals surface area (Å²) in [5.74, 6) is 1.77. The largest absolute Gasteiger partial charge is 0.490 e. The second-order valence-corrected chi connectivity index (χ2v) is 12.2. The first-order valence-electron chi connectivity index (χ1n) is 15.8. The number of nitrogens with zero attached hydrogens (tertiary/aromatic N) is 3. The van der Waals surface area contributed by atoms with Gasteiger partial charge in [0.15, 0.2) is 0 Å². The minimum atomic E-state index is -0.0382. The summed E-state index contributed by atoms with van der Waals surface area (Å²) >= 11 is 0. The number of fused-ring (bicyclic) bond motifs is 20. The highest BCUT2D eigenvalue weighted by atomic mass is 16.5. The molecule has 0 atom stereocenters. The molecule has 9 nitrogen and oxygen atoms in total. The molecule has 240 valence electrons. The normalized spacial score (nSPS) is 19.9. The van der Waals surface area contributed by atoms with Gasteiger partial charge in [0.05, 0.1) is 64.2 Å². The van der Waals surface area contributed by atoms with Crippen LogP contribution in [0.15, 0.2) is 36.4 Å². The second kappa shape index (κ2) is 17.1. The summed E-state index contributed by atoms with van der Waals surface area (Å²) in [5, 5.41) is 0. The molecule has 2 aromatic rings. The molecule has 0 amide bonds. The van der Waals surface area contributed by atoms with E-state index in [1.807, 2.05) is 0 Å². The van der Waals surface area contributed by atoms with E-state index in [0.717, 1.165) is 62.1 Å². The number of hydrogen-bond acceptors (Lipinski definition) is 9. The van der Waals surface area contributed by atoms with Crippen LogP contribution >= 0.6 is 0 Å². The van der Waals surface area contributed by atoms with Gasteiger partial charge in [-0.1, -0.05) is 12.1 Å². The smallest absolute Gasteiger partial charge is 0.142 e. The topological polar surface area (TPSA) is 65.1 Å². The molecule has 0 aliphatic carbocycles. The lowest BCUT2D eigenvalue weighted by molar-refractivity contribution is 0.0435. The fourth-order valence-electron chi connectivity index (χ4n) is 5.36. The van der Waals surface area contributed by atoms with Gasteiger partial charge in [0.1, 0.15) is 24.7 Å². The summed E-state index contributed by atoms with van der Waals surface area (Å²) < 4.78 is 37.0. The van der Waals surface area contributed by atoms with Crippen molar-refractivity contribution in [2.75, 3.05) is 115 Å². The quantitative estimate of drug-likeness (QED) is 0.406. The predicted molar refractivity (Wildman–Crippen MR) is 172 cm³/mol. The molecule has 2 aromatic carbocycles. The minimum absolute atomic E-state index is 0.0382. The van der Waals surface area contributed by atoms with Gasteiger partial charge in [0.25, 0.3) is 0 Å². The van der Waals surface area contributed by atoms with E-state index in [1.165, 1.54) is 11.1 Å². The zero-order valence-corrected chi connectivity index (χ0v) is 27.1. The molecule has 2 bridgehead atoms. The Kier molecular flexibility index (Phi) is 13.2. The first kappa shape index (κ1) is 33.3. The van der Waals surface area contributed by atoms with Crippen molar-refractivity contribution >= 4 is 11.4 Å². The highest BCUT2D eigenvalue weighted by Crippen LogP contribution is 2.31. The molecule has 43 heavy (non-hydrogen) atoms. The number of hydrogen-bond donors (Lipinski definition) is 0. The van der Waals surface area contributed by atoms with Gasteiger partial charge in [-0.3, -0.25) is 4.90 Å². The van der Waals surface area contributed by atoms with Crippen LogP contribution < -0.4 is 19.3 Å². The molecule has 0 aromatic heterocycles. The zero-order valence-electron chi connectivity index (χ0n) is 27.1. The Morgan fingerprint density at radius 3 is 1.21 bits per heavy atom. The molecule has 3 heterocycles. The predicted octanol–water partition coefficient (Wildman–Crippen LogP) is 4.57. The van der Waals surface area contributed by atoms with E-state index >= 15 is 0 Å². The molecule has 1 fully saturated rings. The standard InChI is InChI=1S/C34H53N3O6/c1-28-6-8-30-32(26-28)42-20-14-37(34(3,4)5)15-21-43-33-27-29(2)7-9-31(33)36-12-18-40-24-22-38-16-10-35(30)11-17-39-23-25-41-19-13-36/h6-9,26-27H,10-25H2,1-5H3. The first-order chi connectivity index (χ1) is 20.8. The minimum Gasteiger partial charge on any atom is -0.490 e. The van der Waals surface area contributed by atoms with Gasteiger partial charge in [-0.2, -0.15) is 0 Å². The summed E-state index contributed by atoms with van der Waals surface area (Å²) in [6.45, 7) is 21.1. The van der Waals surface area contributed by atoms with Crippen molar-refractivity contribution < 1.29 is 28.4 Å². The van der Waals surface area contributed by atoms with Gasteiger partial charge in [0, 0.05) is 44.8 Å². The average molecular weight is 600 g/mol. The van der Waals surface area contributed by atoms with Gasteiger partial charge < -0.3 is 38.2 Å². The van der Waals surface area contributed by atoms with E-state index < -0.39 is 0 Å². The Bertz CT molecular complexity index is 1010. The van der Waals surface area contributed by atoms with Crippen molar-refractivity contribution in [1.82, 2.24) is 4.90 Å². The molecule has 0 N–H and O–H groups in total. The van der Waals surface area contributed by atoms with E-state index in [9.17, 15) is 0 Å². The molecule has 1 saturated heterocycles. The third-order valence-electron chi connectivity index (χ3n) is 7.86. The van der Waals surface area contributed by atoms with Crippen LogP contribution in [-0.2, 0) is 18.9 Å². The highest BCUT2D eigenvalue weighted by molar-refractivity contribution is 5.60. The summed E-state index contributed by atoms with van der Waals surface area (Å²) in [6, 6.07) is 12.8. The van der Waals surface area contributed by atoms with Crippen molar-refractivity contribution in [1.29, 1.82) is 0 Å². The molecule has 0 unspecified atom stereocenters. The molecule has 3 aliphatic heterocycles. The molecule has 9 heteroatoms.